The molecule has 0 aliphatic rings. The summed E-state index contributed by atoms with van der Waals surface area (Å²) in [7, 11) is 0. The minimum atomic E-state index is -1.16. The number of hydrogen-bond donors (Lipinski definition) is 2. The van der Waals surface area contributed by atoms with Gasteiger partial charge in [-0.3, -0.25) is 14.3 Å². The Balaban J connectivity index is 2.07. The maximum atomic E-state index is 14.6. The standard InChI is InChI=1S/C21H21F3N4O2/c1-21(2,3)18(19(25)29)26-20(30)16-13-8-9-14(23)15(24)17(13)28(27-16)10-11-4-6-12(22)7-5-11/h4-9,18H,10H2,1-3H3,(H2,25,29)(H,26,30)/t18-/m1/s1. The molecule has 9 heteroatoms. The van der Waals surface area contributed by atoms with Gasteiger partial charge in [0.2, 0.25) is 5.91 Å². The van der Waals surface area contributed by atoms with Crippen molar-refractivity contribution in [1.82, 2.24) is 15.1 Å². The normalized spacial score (nSPS) is 12.7. The molecule has 0 saturated carbocycles. The molecule has 0 unspecified atom stereocenters. The summed E-state index contributed by atoms with van der Waals surface area (Å²) in [6, 6.07) is 6.54. The molecule has 1 heterocycles. The van der Waals surface area contributed by atoms with E-state index in [2.05, 4.69) is 10.4 Å². The zero-order chi connectivity index (χ0) is 22.2. The Hall–Kier alpha value is -3.36. The van der Waals surface area contributed by atoms with E-state index in [1.807, 2.05) is 0 Å². The lowest BCUT2D eigenvalue weighted by Crippen LogP contribution is -2.52. The molecule has 158 valence electrons. The predicted octanol–water partition coefficient (Wildman–Crippen LogP) is 3.13. The molecule has 1 aromatic heterocycles. The van der Waals surface area contributed by atoms with Crippen LogP contribution in [0.1, 0.15) is 36.8 Å². The summed E-state index contributed by atoms with van der Waals surface area (Å²) in [5.41, 5.74) is 4.91. The Labute approximate surface area is 170 Å². The van der Waals surface area contributed by atoms with Crippen molar-refractivity contribution in [3.05, 3.63) is 65.1 Å². The van der Waals surface area contributed by atoms with Crippen molar-refractivity contribution in [2.24, 2.45) is 11.1 Å². The zero-order valence-electron chi connectivity index (χ0n) is 16.7. The third-order valence-corrected chi connectivity index (χ3v) is 4.69. The maximum Gasteiger partial charge on any atom is 0.273 e. The number of primary amides is 1. The van der Waals surface area contributed by atoms with Gasteiger partial charge in [-0.1, -0.05) is 32.9 Å². The van der Waals surface area contributed by atoms with Crippen LogP contribution in [0.15, 0.2) is 36.4 Å². The molecule has 0 fully saturated rings. The van der Waals surface area contributed by atoms with Gasteiger partial charge in [-0.25, -0.2) is 13.2 Å². The predicted molar refractivity (Wildman–Crippen MR) is 105 cm³/mol. The number of rotatable bonds is 5. The van der Waals surface area contributed by atoms with Crippen molar-refractivity contribution in [3.8, 4) is 0 Å². The highest BCUT2D eigenvalue weighted by Gasteiger charge is 2.33. The van der Waals surface area contributed by atoms with E-state index in [9.17, 15) is 22.8 Å². The van der Waals surface area contributed by atoms with Crippen LogP contribution in [0.3, 0.4) is 0 Å². The quantitative estimate of drug-likeness (QED) is 0.667. The topological polar surface area (TPSA) is 90.0 Å². The molecule has 0 aliphatic carbocycles. The molecular formula is C21H21F3N4O2. The van der Waals surface area contributed by atoms with Crippen LogP contribution in [-0.2, 0) is 11.3 Å². The third kappa shape index (κ3) is 4.14. The second-order valence-corrected chi connectivity index (χ2v) is 8.07. The number of aromatic nitrogens is 2. The first-order valence-corrected chi connectivity index (χ1v) is 9.18. The molecule has 0 spiro atoms. The first-order chi connectivity index (χ1) is 14.0. The number of halogens is 3. The number of amides is 2. The molecule has 0 saturated heterocycles. The van der Waals surface area contributed by atoms with Crippen molar-refractivity contribution in [2.75, 3.05) is 0 Å². The molecule has 0 bridgehead atoms. The molecule has 2 aromatic carbocycles. The zero-order valence-corrected chi connectivity index (χ0v) is 16.7. The molecule has 30 heavy (non-hydrogen) atoms. The fraction of sp³-hybridized carbons (Fsp3) is 0.286. The highest BCUT2D eigenvalue weighted by molar-refractivity contribution is 6.06. The van der Waals surface area contributed by atoms with E-state index in [4.69, 9.17) is 5.73 Å². The van der Waals surface area contributed by atoms with Gasteiger partial charge in [-0.2, -0.15) is 5.10 Å². The summed E-state index contributed by atoms with van der Waals surface area (Å²) >= 11 is 0. The lowest BCUT2D eigenvalue weighted by Gasteiger charge is -2.28. The molecule has 2 amide bonds. The molecule has 0 aliphatic heterocycles. The molecule has 1 atom stereocenters. The molecular weight excluding hydrogens is 397 g/mol. The van der Waals surface area contributed by atoms with E-state index in [0.717, 1.165) is 10.7 Å². The summed E-state index contributed by atoms with van der Waals surface area (Å²) in [5, 5.41) is 6.76. The maximum absolute atomic E-state index is 14.6. The molecule has 6 nitrogen and oxygen atoms in total. The van der Waals surface area contributed by atoms with Crippen molar-refractivity contribution < 1.29 is 22.8 Å². The number of nitrogens with one attached hydrogen (secondary N) is 1. The van der Waals surface area contributed by atoms with Crippen LogP contribution in [0, 0.1) is 22.9 Å². The number of carbonyl (C=O) groups is 2. The average molecular weight is 418 g/mol. The monoisotopic (exact) mass is 418 g/mol. The molecule has 0 radical (unpaired) electrons. The van der Waals surface area contributed by atoms with Gasteiger partial charge in [0.1, 0.15) is 17.4 Å². The fourth-order valence-corrected chi connectivity index (χ4v) is 3.17. The van der Waals surface area contributed by atoms with E-state index in [1.54, 1.807) is 20.8 Å². The first-order valence-electron chi connectivity index (χ1n) is 9.18. The van der Waals surface area contributed by atoms with Gasteiger partial charge >= 0.3 is 0 Å². The summed E-state index contributed by atoms with van der Waals surface area (Å²) in [5.74, 6) is -4.19. The number of benzene rings is 2. The van der Waals surface area contributed by atoms with Gasteiger partial charge in [0.05, 0.1) is 6.54 Å². The Morgan fingerprint density at radius 1 is 1.10 bits per heavy atom. The van der Waals surface area contributed by atoms with Gasteiger partial charge in [0.15, 0.2) is 17.3 Å². The number of nitrogens with zero attached hydrogens (tertiary/aromatic N) is 2. The summed E-state index contributed by atoms with van der Waals surface area (Å²) in [4.78, 5) is 24.7. The molecule has 3 aromatic rings. The van der Waals surface area contributed by atoms with Gasteiger partial charge in [-0.05, 0) is 35.2 Å². The van der Waals surface area contributed by atoms with Crippen LogP contribution < -0.4 is 11.1 Å². The Morgan fingerprint density at radius 3 is 2.30 bits per heavy atom. The largest absolute Gasteiger partial charge is 0.368 e. The highest BCUT2D eigenvalue weighted by Crippen LogP contribution is 2.26. The van der Waals surface area contributed by atoms with E-state index in [0.29, 0.717) is 5.56 Å². The number of carbonyl (C=O) groups excluding carboxylic acids is 2. The Kier molecular flexibility index (Phi) is 5.56. The Morgan fingerprint density at radius 2 is 1.73 bits per heavy atom. The van der Waals surface area contributed by atoms with Crippen molar-refractivity contribution >= 4 is 22.7 Å². The summed E-state index contributed by atoms with van der Waals surface area (Å²) < 4.78 is 42.8. The van der Waals surface area contributed by atoms with Crippen LogP contribution >= 0.6 is 0 Å². The Bertz CT molecular complexity index is 1120. The fourth-order valence-electron chi connectivity index (χ4n) is 3.17. The van der Waals surface area contributed by atoms with Crippen LogP contribution in [-0.4, -0.2) is 27.6 Å². The smallest absolute Gasteiger partial charge is 0.273 e. The second-order valence-electron chi connectivity index (χ2n) is 8.07. The SMILES string of the molecule is CC(C)(C)[C@H](NC(=O)c1nn(Cc2ccc(F)cc2)c2c(F)c(F)ccc12)C(N)=O. The third-order valence-electron chi connectivity index (χ3n) is 4.69. The number of fused-ring (bicyclic) bond motifs is 1. The minimum absolute atomic E-state index is 0.0248. The lowest BCUT2D eigenvalue weighted by molar-refractivity contribution is -0.122. The van der Waals surface area contributed by atoms with Gasteiger partial charge < -0.3 is 11.1 Å². The van der Waals surface area contributed by atoms with Crippen molar-refractivity contribution in [1.29, 1.82) is 0 Å². The van der Waals surface area contributed by atoms with Gasteiger partial charge in [-0.15, -0.1) is 0 Å². The van der Waals surface area contributed by atoms with Gasteiger partial charge in [0, 0.05) is 5.39 Å². The van der Waals surface area contributed by atoms with Crippen molar-refractivity contribution in [3.63, 3.8) is 0 Å². The van der Waals surface area contributed by atoms with E-state index in [-0.39, 0.29) is 23.1 Å². The lowest BCUT2D eigenvalue weighted by atomic mass is 9.86. The minimum Gasteiger partial charge on any atom is -0.368 e. The van der Waals surface area contributed by atoms with Crippen LogP contribution in [0.2, 0.25) is 0 Å². The van der Waals surface area contributed by atoms with Crippen molar-refractivity contribution in [2.45, 2.75) is 33.4 Å². The van der Waals surface area contributed by atoms with E-state index < -0.39 is 40.7 Å². The van der Waals surface area contributed by atoms with Crippen LogP contribution in [0.5, 0.6) is 0 Å². The average Bonchev–Trinajstić information content (AvgIpc) is 3.02. The summed E-state index contributed by atoms with van der Waals surface area (Å²) in [6.45, 7) is 5.15. The van der Waals surface area contributed by atoms with E-state index >= 15 is 0 Å². The van der Waals surface area contributed by atoms with Crippen LogP contribution in [0.25, 0.3) is 10.9 Å². The van der Waals surface area contributed by atoms with Gasteiger partial charge in [0.25, 0.3) is 5.91 Å². The number of nitrogens with two attached hydrogens (primary N) is 1. The van der Waals surface area contributed by atoms with Crippen LogP contribution in [0.4, 0.5) is 13.2 Å². The second kappa shape index (κ2) is 7.81. The highest BCUT2D eigenvalue weighted by atomic mass is 19.2. The molecule has 3 rings (SSSR count). The first kappa shape index (κ1) is 21.4. The molecule has 3 N–H and O–H groups in total. The summed E-state index contributed by atoms with van der Waals surface area (Å²) in [6.07, 6.45) is 0. The van der Waals surface area contributed by atoms with E-state index in [1.165, 1.54) is 30.3 Å². The number of hydrogen-bond acceptors (Lipinski definition) is 3.